The Labute approximate surface area is 160 Å². The molecule has 1 aliphatic carbocycles. The van der Waals surface area contributed by atoms with Crippen molar-refractivity contribution in [2.24, 2.45) is 5.73 Å². The number of nitrogens with one attached hydrogen (secondary N) is 1. The Kier molecular flexibility index (Phi) is 5.51. The normalized spacial score (nSPS) is 15.1. The second-order valence-electron chi connectivity index (χ2n) is 6.15. The summed E-state index contributed by atoms with van der Waals surface area (Å²) in [5.74, 6) is -0.951. The van der Waals surface area contributed by atoms with Crippen LogP contribution in [0, 0.1) is 5.82 Å². The van der Waals surface area contributed by atoms with E-state index in [9.17, 15) is 14.0 Å². The van der Waals surface area contributed by atoms with Crippen LogP contribution in [0.2, 0.25) is 5.02 Å². The Hall–Kier alpha value is -2.80. The molecule has 142 valence electrons. The van der Waals surface area contributed by atoms with Crippen molar-refractivity contribution in [2.45, 2.75) is 18.9 Å². The zero-order chi connectivity index (χ0) is 19.6. The molecule has 0 radical (unpaired) electrons. The molecule has 3 N–H and O–H groups in total. The molecule has 27 heavy (non-hydrogen) atoms. The summed E-state index contributed by atoms with van der Waals surface area (Å²) >= 11 is 6.18. The van der Waals surface area contributed by atoms with E-state index in [-0.39, 0.29) is 46.5 Å². The van der Waals surface area contributed by atoms with Gasteiger partial charge < -0.3 is 20.5 Å². The van der Waals surface area contributed by atoms with Crippen molar-refractivity contribution in [1.82, 2.24) is 5.32 Å². The SMILES string of the molecule is COc1cc(C(=O)NC2CCc3cc(F)ccc32)cc(Cl)c1OCC(N)=O. The van der Waals surface area contributed by atoms with Crippen molar-refractivity contribution >= 4 is 23.4 Å². The number of fused-ring (bicyclic) bond motifs is 1. The Morgan fingerprint density at radius 3 is 2.81 bits per heavy atom. The Bertz CT molecular complexity index is 904. The van der Waals surface area contributed by atoms with E-state index in [1.165, 1.54) is 31.4 Å². The third-order valence-corrected chi connectivity index (χ3v) is 4.62. The Morgan fingerprint density at radius 1 is 1.33 bits per heavy atom. The number of aryl methyl sites for hydroxylation is 1. The van der Waals surface area contributed by atoms with Crippen molar-refractivity contribution in [3.05, 3.63) is 57.9 Å². The van der Waals surface area contributed by atoms with Crippen LogP contribution >= 0.6 is 11.6 Å². The van der Waals surface area contributed by atoms with E-state index in [2.05, 4.69) is 5.32 Å². The maximum absolute atomic E-state index is 13.3. The molecule has 0 saturated carbocycles. The smallest absolute Gasteiger partial charge is 0.255 e. The molecule has 2 aromatic rings. The van der Waals surface area contributed by atoms with Gasteiger partial charge >= 0.3 is 0 Å². The molecule has 1 atom stereocenters. The van der Waals surface area contributed by atoms with Crippen LogP contribution in [-0.4, -0.2) is 25.5 Å². The Morgan fingerprint density at radius 2 is 2.11 bits per heavy atom. The summed E-state index contributed by atoms with van der Waals surface area (Å²) in [7, 11) is 1.40. The average Bonchev–Trinajstić information content (AvgIpc) is 3.01. The van der Waals surface area contributed by atoms with Gasteiger partial charge in [-0.15, -0.1) is 0 Å². The number of ether oxygens (including phenoxy) is 2. The van der Waals surface area contributed by atoms with Gasteiger partial charge in [0.05, 0.1) is 18.2 Å². The highest BCUT2D eigenvalue weighted by Gasteiger charge is 2.25. The van der Waals surface area contributed by atoms with E-state index in [1.54, 1.807) is 6.07 Å². The molecule has 2 aromatic carbocycles. The van der Waals surface area contributed by atoms with Crippen LogP contribution in [0.4, 0.5) is 4.39 Å². The van der Waals surface area contributed by atoms with E-state index in [4.69, 9.17) is 26.8 Å². The highest BCUT2D eigenvalue weighted by atomic mass is 35.5. The lowest BCUT2D eigenvalue weighted by Gasteiger charge is -2.16. The van der Waals surface area contributed by atoms with Gasteiger partial charge in [0.2, 0.25) is 0 Å². The minimum absolute atomic E-state index is 0.120. The number of hydrogen-bond acceptors (Lipinski definition) is 4. The molecule has 0 heterocycles. The van der Waals surface area contributed by atoms with Gasteiger partial charge in [0.1, 0.15) is 5.82 Å². The lowest BCUT2D eigenvalue weighted by Crippen LogP contribution is -2.27. The number of primary amides is 1. The summed E-state index contributed by atoms with van der Waals surface area (Å²) in [6.07, 6.45) is 1.39. The first kappa shape index (κ1) is 19.0. The van der Waals surface area contributed by atoms with Crippen LogP contribution in [0.1, 0.15) is 33.9 Å². The molecule has 0 spiro atoms. The highest BCUT2D eigenvalue weighted by Crippen LogP contribution is 2.37. The predicted octanol–water partition coefficient (Wildman–Crippen LogP) is 2.77. The fraction of sp³-hybridized carbons (Fsp3) is 0.263. The average molecular weight is 393 g/mol. The molecular weight excluding hydrogens is 375 g/mol. The molecule has 0 aromatic heterocycles. The fourth-order valence-corrected chi connectivity index (χ4v) is 3.38. The van der Waals surface area contributed by atoms with Gasteiger partial charge in [0.25, 0.3) is 11.8 Å². The minimum Gasteiger partial charge on any atom is -0.493 e. The van der Waals surface area contributed by atoms with Crippen LogP contribution in [0.5, 0.6) is 11.5 Å². The van der Waals surface area contributed by atoms with Crippen LogP contribution in [-0.2, 0) is 11.2 Å². The summed E-state index contributed by atoms with van der Waals surface area (Å²) in [5.41, 5.74) is 7.14. The number of benzene rings is 2. The number of carbonyl (C=O) groups is 2. The first-order chi connectivity index (χ1) is 12.9. The topological polar surface area (TPSA) is 90.7 Å². The lowest BCUT2D eigenvalue weighted by atomic mass is 10.1. The van der Waals surface area contributed by atoms with E-state index < -0.39 is 5.91 Å². The van der Waals surface area contributed by atoms with E-state index >= 15 is 0 Å². The number of halogens is 2. The summed E-state index contributed by atoms with van der Waals surface area (Å²) in [5, 5.41) is 3.05. The fourth-order valence-electron chi connectivity index (χ4n) is 3.11. The molecule has 8 heteroatoms. The first-order valence-electron chi connectivity index (χ1n) is 8.27. The Balaban J connectivity index is 1.80. The molecule has 0 aliphatic heterocycles. The number of hydrogen-bond donors (Lipinski definition) is 2. The monoisotopic (exact) mass is 392 g/mol. The van der Waals surface area contributed by atoms with Crippen molar-refractivity contribution < 1.29 is 23.5 Å². The number of rotatable bonds is 6. The molecule has 2 amide bonds. The lowest BCUT2D eigenvalue weighted by molar-refractivity contribution is -0.119. The largest absolute Gasteiger partial charge is 0.493 e. The van der Waals surface area contributed by atoms with Crippen molar-refractivity contribution in [3.8, 4) is 11.5 Å². The summed E-state index contributed by atoms with van der Waals surface area (Å²) < 4.78 is 23.8. The summed E-state index contributed by atoms with van der Waals surface area (Å²) in [6, 6.07) is 7.26. The summed E-state index contributed by atoms with van der Waals surface area (Å²) in [4.78, 5) is 23.6. The van der Waals surface area contributed by atoms with Gasteiger partial charge in [-0.2, -0.15) is 0 Å². The zero-order valence-electron chi connectivity index (χ0n) is 14.6. The predicted molar refractivity (Wildman–Crippen MR) is 97.6 cm³/mol. The van der Waals surface area contributed by atoms with Crippen LogP contribution in [0.3, 0.4) is 0 Å². The number of methoxy groups -OCH3 is 1. The molecule has 0 bridgehead atoms. The van der Waals surface area contributed by atoms with Gasteiger partial charge in [-0.1, -0.05) is 17.7 Å². The van der Waals surface area contributed by atoms with Gasteiger partial charge in [-0.3, -0.25) is 9.59 Å². The minimum atomic E-state index is -0.661. The van der Waals surface area contributed by atoms with Crippen LogP contribution in [0.15, 0.2) is 30.3 Å². The van der Waals surface area contributed by atoms with E-state index in [0.29, 0.717) is 12.8 Å². The molecule has 1 aliphatic rings. The second kappa shape index (κ2) is 7.84. The number of nitrogens with two attached hydrogens (primary N) is 1. The maximum Gasteiger partial charge on any atom is 0.255 e. The molecule has 3 rings (SSSR count). The van der Waals surface area contributed by atoms with Crippen LogP contribution < -0.4 is 20.5 Å². The molecule has 0 saturated heterocycles. The molecular formula is C19H18ClFN2O4. The molecule has 6 nitrogen and oxygen atoms in total. The third kappa shape index (κ3) is 4.14. The third-order valence-electron chi connectivity index (χ3n) is 4.34. The number of carbonyl (C=O) groups excluding carboxylic acids is 2. The van der Waals surface area contributed by atoms with Gasteiger partial charge in [-0.25, -0.2) is 4.39 Å². The second-order valence-corrected chi connectivity index (χ2v) is 6.56. The zero-order valence-corrected chi connectivity index (χ0v) is 15.3. The van der Waals surface area contributed by atoms with E-state index in [1.807, 2.05) is 0 Å². The molecule has 1 unspecified atom stereocenters. The van der Waals surface area contributed by atoms with E-state index in [0.717, 1.165) is 11.1 Å². The molecule has 0 fully saturated rings. The highest BCUT2D eigenvalue weighted by molar-refractivity contribution is 6.32. The number of amides is 2. The van der Waals surface area contributed by atoms with Crippen molar-refractivity contribution in [2.75, 3.05) is 13.7 Å². The summed E-state index contributed by atoms with van der Waals surface area (Å²) in [6.45, 7) is -0.364. The maximum atomic E-state index is 13.3. The van der Waals surface area contributed by atoms with Crippen LogP contribution in [0.25, 0.3) is 0 Å². The first-order valence-corrected chi connectivity index (χ1v) is 8.64. The van der Waals surface area contributed by atoms with Gasteiger partial charge in [0, 0.05) is 5.56 Å². The quantitative estimate of drug-likeness (QED) is 0.790. The van der Waals surface area contributed by atoms with Gasteiger partial charge in [-0.05, 0) is 48.2 Å². The van der Waals surface area contributed by atoms with Crippen molar-refractivity contribution in [3.63, 3.8) is 0 Å². The van der Waals surface area contributed by atoms with Gasteiger partial charge in [0.15, 0.2) is 18.1 Å². The van der Waals surface area contributed by atoms with Crippen molar-refractivity contribution in [1.29, 1.82) is 0 Å². The standard InChI is InChI=1S/C19H18ClFN2O4/c1-26-16-8-11(7-14(20)18(16)27-9-17(22)24)19(25)23-15-5-2-10-6-12(21)3-4-13(10)15/h3-4,6-8,15H,2,5,9H2,1H3,(H2,22,24)(H,23,25).